The van der Waals surface area contributed by atoms with Gasteiger partial charge in [0.1, 0.15) is 0 Å². The molecular formula is C84H84F24N8O12Si2. The Hall–Kier alpha value is -11.7. The zero-order chi connectivity index (χ0) is 98.7. The minimum absolute atomic E-state index is 0.0193. The molecule has 0 bridgehead atoms. The van der Waals surface area contributed by atoms with E-state index in [-0.39, 0.29) is 36.3 Å². The summed E-state index contributed by atoms with van der Waals surface area (Å²) in [4.78, 5) is 69.5. The van der Waals surface area contributed by atoms with Crippen LogP contribution in [-0.2, 0) is 73.6 Å². The average molecular weight is 1910 g/mol. The lowest BCUT2D eigenvalue weighted by Crippen LogP contribution is -2.57. The Morgan fingerprint density at radius 3 is 0.946 bits per heavy atom. The van der Waals surface area contributed by atoms with Crippen molar-refractivity contribution in [3.63, 3.8) is 0 Å². The molecule has 10 N–H and O–H groups in total. The topological polar surface area (TPSA) is 307 Å². The number of aromatic nitrogens is 2. The Morgan fingerprint density at radius 2 is 0.662 bits per heavy atom. The van der Waals surface area contributed by atoms with Crippen LogP contribution in [0.15, 0.2) is 199 Å². The first-order valence-electron chi connectivity index (χ1n) is 37.7. The molecule has 0 saturated heterocycles. The third-order valence-electron chi connectivity index (χ3n) is 19.5. The van der Waals surface area contributed by atoms with Crippen LogP contribution in [0.1, 0.15) is 151 Å². The molecule has 8 aromatic carbocycles. The molecule has 0 spiro atoms. The number of rotatable bonds is 20. The van der Waals surface area contributed by atoms with Gasteiger partial charge in [-0.25, -0.2) is 10.6 Å². The molecule has 0 radical (unpaired) electrons. The van der Waals surface area contributed by atoms with Crippen LogP contribution in [0.25, 0.3) is 11.5 Å². The molecular weight excluding hydrogens is 1830 g/mol. The summed E-state index contributed by atoms with van der Waals surface area (Å²) in [6.07, 6.45) is -48.8. The summed E-state index contributed by atoms with van der Waals surface area (Å²) in [6, 6.07) is 43.5. The molecule has 130 heavy (non-hydrogen) atoms. The van der Waals surface area contributed by atoms with Crippen LogP contribution in [0, 0.1) is 0 Å². The number of alkyl halides is 24. The number of nitrogens with one attached hydrogen (secondary N) is 5. The van der Waals surface area contributed by atoms with Crippen molar-refractivity contribution in [2.45, 2.75) is 177 Å². The van der Waals surface area contributed by atoms with E-state index in [1.807, 2.05) is 31.6 Å². The van der Waals surface area contributed by atoms with E-state index in [0.29, 0.717) is 62.1 Å². The molecule has 1 aromatic heterocycles. The number of benzene rings is 8. The fraction of sp³-hybridized carbons (Fsp3) is 0.333. The smallest absolute Gasteiger partial charge is 0.425 e. The van der Waals surface area contributed by atoms with Gasteiger partial charge in [-0.15, -0.1) is 10.2 Å². The summed E-state index contributed by atoms with van der Waals surface area (Å²) in [5, 5.41) is 30.5. The van der Waals surface area contributed by atoms with Crippen molar-refractivity contribution in [3.05, 3.63) is 283 Å². The fourth-order valence-electron chi connectivity index (χ4n) is 10.5. The summed E-state index contributed by atoms with van der Waals surface area (Å²) < 4.78 is 321. The highest BCUT2D eigenvalue weighted by molar-refractivity contribution is 6.74. The number of carbonyl (C=O) groups excluding carboxylic acids is 5. The van der Waals surface area contributed by atoms with Crippen LogP contribution in [0.3, 0.4) is 0 Å². The second-order valence-corrected chi connectivity index (χ2v) is 40.8. The number of hydrogen-bond donors (Lipinski definition) is 9. The number of nitrogen functional groups attached to an aromatic ring is 1. The molecule has 9 aromatic rings. The SMILES string of the molecule is CC(C)(C)[Si](C)(C)OC(C(=O)NNC(=O)c1ccccc1Cc1ccc(C(F)(F)F)cc1)C(F)(F)F.CC(C)(C)[Si](C)(C)OC(c1nnc(-c2ccccc2Cc2ccc(C(F)(F)F)cc2)o1)C(F)(F)F.NNC(=O)c1ccccc1Cc1ccc(C(F)(F)F)cc1.O=C(NNC(=O)C(O)C(F)(F)F)c1ccccc1Cc1ccc(C(F)(F)F)cc1.O=C(O)C(O)C(F)(F)F. The summed E-state index contributed by atoms with van der Waals surface area (Å²) >= 11 is 0. The first kappa shape index (κ1) is 109. The molecule has 4 unspecified atom stereocenters. The lowest BCUT2D eigenvalue weighted by atomic mass is 9.98. The van der Waals surface area contributed by atoms with Crippen LogP contribution >= 0.6 is 0 Å². The number of aliphatic hydroxyl groups excluding tert-OH is 2. The molecule has 708 valence electrons. The normalized spacial score (nSPS) is 13.4. The third-order valence-corrected chi connectivity index (χ3v) is 28.4. The number of hydrogen-bond acceptors (Lipinski definition) is 14. The van der Waals surface area contributed by atoms with Crippen LogP contribution in [0.5, 0.6) is 0 Å². The number of carboxylic acid groups (broad SMARTS) is 1. The lowest BCUT2D eigenvalue weighted by Gasteiger charge is -2.39. The highest BCUT2D eigenvalue weighted by Crippen LogP contribution is 2.46. The molecule has 1 heterocycles. The van der Waals surface area contributed by atoms with E-state index in [9.17, 15) is 134 Å². The number of nitrogens with zero attached hydrogens (tertiary/aromatic N) is 2. The van der Waals surface area contributed by atoms with E-state index < -0.39 is 164 Å². The second-order valence-electron chi connectivity index (χ2n) is 31.2. The third kappa shape index (κ3) is 32.7. The molecule has 0 fully saturated rings. The highest BCUT2D eigenvalue weighted by Gasteiger charge is 2.54. The summed E-state index contributed by atoms with van der Waals surface area (Å²) in [5.41, 5.74) is 11.0. The quantitative estimate of drug-likeness (QED) is 0.0113. The van der Waals surface area contributed by atoms with Crippen molar-refractivity contribution in [1.29, 1.82) is 0 Å². The van der Waals surface area contributed by atoms with Gasteiger partial charge in [0.05, 0.1) is 22.3 Å². The van der Waals surface area contributed by atoms with Crippen molar-refractivity contribution in [3.8, 4) is 11.5 Å². The Morgan fingerprint density at radius 1 is 0.369 bits per heavy atom. The van der Waals surface area contributed by atoms with Crippen LogP contribution in [0.4, 0.5) is 105 Å². The molecule has 5 amide bonds. The number of halogens is 24. The van der Waals surface area contributed by atoms with E-state index >= 15 is 0 Å². The maximum atomic E-state index is 13.9. The van der Waals surface area contributed by atoms with Gasteiger partial charge in [0.2, 0.25) is 30.3 Å². The number of hydrazine groups is 3. The molecule has 46 heteroatoms. The predicted molar refractivity (Wildman–Crippen MR) is 426 cm³/mol. The molecule has 0 aliphatic rings. The Labute approximate surface area is 727 Å². The van der Waals surface area contributed by atoms with Crippen LogP contribution in [-0.4, -0.2) is 121 Å². The minimum atomic E-state index is -5.20. The van der Waals surface area contributed by atoms with Crippen molar-refractivity contribution >= 4 is 52.1 Å². The first-order valence-corrected chi connectivity index (χ1v) is 43.5. The van der Waals surface area contributed by atoms with Crippen molar-refractivity contribution in [1.82, 2.24) is 37.3 Å². The Kier molecular flexibility index (Phi) is 36.7. The monoisotopic (exact) mass is 1910 g/mol. The molecule has 9 rings (SSSR count). The lowest BCUT2D eigenvalue weighted by molar-refractivity contribution is -0.214. The van der Waals surface area contributed by atoms with Gasteiger partial charge >= 0.3 is 55.4 Å². The van der Waals surface area contributed by atoms with Crippen molar-refractivity contribution in [2.75, 3.05) is 0 Å². The molecule has 4 atom stereocenters. The van der Waals surface area contributed by atoms with E-state index in [0.717, 1.165) is 48.5 Å². The maximum absolute atomic E-state index is 13.9. The van der Waals surface area contributed by atoms with Crippen LogP contribution < -0.4 is 33.0 Å². The first-order chi connectivity index (χ1) is 59.5. The Bertz CT molecular complexity index is 5260. The van der Waals surface area contributed by atoms with Crippen molar-refractivity contribution < 1.29 is 163 Å². The number of nitrogens with two attached hydrogens (primary N) is 1. The van der Waals surface area contributed by atoms with Crippen LogP contribution in [0.2, 0.25) is 36.3 Å². The summed E-state index contributed by atoms with van der Waals surface area (Å²) in [7, 11) is -5.83. The summed E-state index contributed by atoms with van der Waals surface area (Å²) in [5.74, 6) is -3.73. The van der Waals surface area contributed by atoms with E-state index in [1.54, 1.807) is 125 Å². The van der Waals surface area contributed by atoms with Gasteiger partial charge in [0, 0.05) is 22.3 Å². The number of carbonyl (C=O) groups is 6. The number of aliphatic hydroxyl groups is 2. The number of carboxylic acids is 1. The van der Waals surface area contributed by atoms with Gasteiger partial charge in [0.15, 0.2) is 16.6 Å². The van der Waals surface area contributed by atoms with Gasteiger partial charge < -0.3 is 28.6 Å². The van der Waals surface area contributed by atoms with Gasteiger partial charge in [-0.05, 0) is 179 Å². The Balaban J connectivity index is 0.000000301. The highest BCUT2D eigenvalue weighted by atomic mass is 28.4. The zero-order valence-corrected chi connectivity index (χ0v) is 71.7. The number of amides is 5. The second kappa shape index (κ2) is 43.8. The van der Waals surface area contributed by atoms with E-state index in [4.69, 9.17) is 34.4 Å². The van der Waals surface area contributed by atoms with Gasteiger partial charge in [-0.3, -0.25) is 51.1 Å². The van der Waals surface area contributed by atoms with Crippen molar-refractivity contribution in [2.24, 2.45) is 5.84 Å². The van der Waals surface area contributed by atoms with Gasteiger partial charge in [-0.1, -0.05) is 163 Å². The zero-order valence-electron chi connectivity index (χ0n) is 69.7. The predicted octanol–water partition coefficient (Wildman–Crippen LogP) is 19.9. The minimum Gasteiger partial charge on any atom is -0.479 e. The standard InChI is InChI=1S/C24H28F6N2O3Si.C24H26F6N2O2Si.C18H14F6N2O3.C15H13F3N2O.C3H3F3O3/c1-22(2,3)36(4,5)35-19(24(28,29)30)21(34)32-31-20(33)18-9-7-6-8-16(18)14-15-10-12-17(13-11-15)23(25,26)27;1-22(2,3)35(4,5)34-19(24(28,29)30)21-32-31-20(33-21)18-9-7-6-8-16(18)14-15-10-12-17(13-11-15)23(25,26)27;19-17(20,21)12-7-5-10(6-8-12)9-11-3-1-2-4-13(11)15(28)25-26-16(29)14(27)18(22,23)24;16-15(17,18)12-7-5-10(6-8-12)9-11-3-1-2-4-13(11)14(21)20-19;4-3(5,6)1(7)2(8)9/h6-13,19H,14H2,1-5H3,(H,31,33)(H,32,34);6-13,19H,14H2,1-5H3;1-8,14,27H,9H2,(H,25,28)(H,26,29);1-8H,9,19H2,(H,20,21);1,7H,(H,8,9). The van der Waals surface area contributed by atoms with E-state index in [2.05, 4.69) is 10.2 Å². The van der Waals surface area contributed by atoms with E-state index in [1.165, 1.54) is 84.3 Å². The molecule has 0 aliphatic carbocycles. The maximum Gasteiger partial charge on any atom is 0.425 e. The summed E-state index contributed by atoms with van der Waals surface area (Å²) in [6.45, 7) is 17.2. The average Bonchev–Trinajstić information content (AvgIpc) is 1.54. The van der Waals surface area contributed by atoms with Gasteiger partial charge in [0.25, 0.3) is 35.4 Å². The largest absolute Gasteiger partial charge is 0.479 e. The molecule has 20 nitrogen and oxygen atoms in total. The molecule has 0 saturated carbocycles. The van der Waals surface area contributed by atoms with Gasteiger partial charge in [-0.2, -0.15) is 105 Å². The molecule has 0 aliphatic heterocycles. The fourth-order valence-corrected chi connectivity index (χ4v) is 12.8. The number of aliphatic carboxylic acids is 1.